The SMILES string of the molecule is CCO[C@H]1CN(C(=O)Cc2ccsc2)[C@H]2COC[C@@H]12. The number of carbonyl (C=O) groups is 1. The number of hydrogen-bond donors (Lipinski definition) is 0. The highest BCUT2D eigenvalue weighted by molar-refractivity contribution is 7.07. The number of carbonyl (C=O) groups excluding carboxylic acids is 1. The van der Waals surface area contributed by atoms with E-state index >= 15 is 0 Å². The molecule has 104 valence electrons. The van der Waals surface area contributed by atoms with Crippen LogP contribution >= 0.6 is 11.3 Å². The zero-order valence-corrected chi connectivity index (χ0v) is 11.9. The standard InChI is InChI=1S/C14H19NO3S/c1-2-18-13-6-15(12-8-17-7-11(12)13)14(16)5-10-3-4-19-9-10/h3-4,9,11-13H,2,5-8H2,1H3/t11-,12+,13+/m1/s1. The number of rotatable bonds is 4. The molecule has 0 unspecified atom stereocenters. The number of nitrogens with zero attached hydrogens (tertiary/aromatic N) is 1. The maximum Gasteiger partial charge on any atom is 0.227 e. The number of hydrogen-bond acceptors (Lipinski definition) is 4. The minimum atomic E-state index is 0.143. The van der Waals surface area contributed by atoms with Crippen molar-refractivity contribution in [1.82, 2.24) is 4.90 Å². The van der Waals surface area contributed by atoms with Gasteiger partial charge in [0.05, 0.1) is 31.8 Å². The monoisotopic (exact) mass is 281 g/mol. The van der Waals surface area contributed by atoms with Gasteiger partial charge in [-0.25, -0.2) is 0 Å². The van der Waals surface area contributed by atoms with E-state index in [1.165, 1.54) is 0 Å². The van der Waals surface area contributed by atoms with E-state index in [0.29, 0.717) is 25.6 Å². The summed E-state index contributed by atoms with van der Waals surface area (Å²) in [6.45, 7) is 4.79. The van der Waals surface area contributed by atoms with Crippen LogP contribution in [0.4, 0.5) is 0 Å². The molecule has 1 amide bonds. The largest absolute Gasteiger partial charge is 0.379 e. The van der Waals surface area contributed by atoms with Gasteiger partial charge < -0.3 is 14.4 Å². The highest BCUT2D eigenvalue weighted by Gasteiger charge is 2.47. The van der Waals surface area contributed by atoms with Crippen molar-refractivity contribution < 1.29 is 14.3 Å². The molecule has 0 aliphatic carbocycles. The maximum atomic E-state index is 12.4. The highest BCUT2D eigenvalue weighted by atomic mass is 32.1. The van der Waals surface area contributed by atoms with Crippen LogP contribution in [0.25, 0.3) is 0 Å². The number of amides is 1. The smallest absolute Gasteiger partial charge is 0.227 e. The summed E-state index contributed by atoms with van der Waals surface area (Å²) < 4.78 is 11.3. The van der Waals surface area contributed by atoms with E-state index in [9.17, 15) is 4.79 Å². The average molecular weight is 281 g/mol. The predicted octanol–water partition coefficient (Wildman–Crippen LogP) is 1.55. The third-order valence-electron chi connectivity index (χ3n) is 3.98. The lowest BCUT2D eigenvalue weighted by Crippen LogP contribution is -2.39. The summed E-state index contributed by atoms with van der Waals surface area (Å²) >= 11 is 1.63. The Labute approximate surface area is 117 Å². The predicted molar refractivity (Wildman–Crippen MR) is 73.2 cm³/mol. The van der Waals surface area contributed by atoms with E-state index in [-0.39, 0.29) is 18.1 Å². The van der Waals surface area contributed by atoms with Crippen molar-refractivity contribution in [2.45, 2.75) is 25.5 Å². The van der Waals surface area contributed by atoms with Gasteiger partial charge in [0, 0.05) is 19.1 Å². The molecule has 1 aromatic heterocycles. The topological polar surface area (TPSA) is 38.8 Å². The molecule has 1 aromatic rings. The van der Waals surface area contributed by atoms with Gasteiger partial charge in [-0.3, -0.25) is 4.79 Å². The Morgan fingerprint density at radius 1 is 1.58 bits per heavy atom. The van der Waals surface area contributed by atoms with Crippen LogP contribution in [0.1, 0.15) is 12.5 Å². The Bertz CT molecular complexity index is 434. The van der Waals surface area contributed by atoms with Gasteiger partial charge in [-0.2, -0.15) is 11.3 Å². The maximum absolute atomic E-state index is 12.4. The minimum Gasteiger partial charge on any atom is -0.379 e. The summed E-state index contributed by atoms with van der Waals surface area (Å²) in [5, 5.41) is 4.05. The quantitative estimate of drug-likeness (QED) is 0.840. The molecule has 2 fully saturated rings. The van der Waals surface area contributed by atoms with Gasteiger partial charge in [0.1, 0.15) is 0 Å². The Morgan fingerprint density at radius 3 is 3.21 bits per heavy atom. The third kappa shape index (κ3) is 2.55. The van der Waals surface area contributed by atoms with Gasteiger partial charge in [-0.1, -0.05) is 0 Å². The van der Waals surface area contributed by atoms with Crippen LogP contribution < -0.4 is 0 Å². The average Bonchev–Trinajstić information content (AvgIpc) is 3.07. The van der Waals surface area contributed by atoms with Crippen LogP contribution in [0.3, 0.4) is 0 Å². The zero-order chi connectivity index (χ0) is 13.2. The number of ether oxygens (including phenoxy) is 2. The van der Waals surface area contributed by atoms with Gasteiger partial charge in [-0.05, 0) is 29.3 Å². The number of fused-ring (bicyclic) bond motifs is 1. The van der Waals surface area contributed by atoms with Gasteiger partial charge in [0.15, 0.2) is 0 Å². The van der Waals surface area contributed by atoms with Crippen molar-refractivity contribution in [1.29, 1.82) is 0 Å². The molecule has 0 saturated carbocycles. The van der Waals surface area contributed by atoms with Gasteiger partial charge in [0.2, 0.25) is 5.91 Å². The lowest BCUT2D eigenvalue weighted by Gasteiger charge is -2.22. The normalized spacial score (nSPS) is 29.7. The molecule has 0 bridgehead atoms. The van der Waals surface area contributed by atoms with Crippen LogP contribution in [0, 0.1) is 5.92 Å². The summed E-state index contributed by atoms with van der Waals surface area (Å²) in [4.78, 5) is 14.4. The van der Waals surface area contributed by atoms with Crippen LogP contribution in [0.2, 0.25) is 0 Å². The molecule has 3 heterocycles. The molecule has 0 radical (unpaired) electrons. The van der Waals surface area contributed by atoms with Crippen LogP contribution in [0.15, 0.2) is 16.8 Å². The van der Waals surface area contributed by atoms with Crippen molar-refractivity contribution in [3.63, 3.8) is 0 Å². The first kappa shape index (κ1) is 13.1. The van der Waals surface area contributed by atoms with Crippen LogP contribution in [-0.4, -0.2) is 49.3 Å². The second kappa shape index (κ2) is 5.61. The zero-order valence-electron chi connectivity index (χ0n) is 11.1. The molecular formula is C14H19NO3S. The fourth-order valence-corrected chi connectivity index (χ4v) is 3.72. The molecule has 0 aromatic carbocycles. The van der Waals surface area contributed by atoms with E-state index in [2.05, 4.69) is 0 Å². The first-order valence-corrected chi connectivity index (χ1v) is 7.73. The molecular weight excluding hydrogens is 262 g/mol. The Balaban J connectivity index is 1.68. The van der Waals surface area contributed by atoms with Crippen LogP contribution in [-0.2, 0) is 20.7 Å². The van der Waals surface area contributed by atoms with E-state index in [0.717, 1.165) is 18.7 Å². The Morgan fingerprint density at radius 2 is 2.47 bits per heavy atom. The highest BCUT2D eigenvalue weighted by Crippen LogP contribution is 2.32. The van der Waals surface area contributed by atoms with Crippen molar-refractivity contribution in [2.24, 2.45) is 5.92 Å². The fourth-order valence-electron chi connectivity index (χ4n) is 3.05. The molecule has 2 aliphatic rings. The third-order valence-corrected chi connectivity index (χ3v) is 4.72. The van der Waals surface area contributed by atoms with Crippen molar-refractivity contribution in [3.05, 3.63) is 22.4 Å². The molecule has 0 N–H and O–H groups in total. The second-order valence-electron chi connectivity index (χ2n) is 5.12. The summed E-state index contributed by atoms with van der Waals surface area (Å²) in [5.74, 6) is 0.549. The Kier molecular flexibility index (Phi) is 3.86. The molecule has 3 rings (SSSR count). The first-order valence-electron chi connectivity index (χ1n) is 6.79. The van der Waals surface area contributed by atoms with E-state index in [4.69, 9.17) is 9.47 Å². The lowest BCUT2D eigenvalue weighted by atomic mass is 10.0. The van der Waals surface area contributed by atoms with Gasteiger partial charge in [0.25, 0.3) is 0 Å². The van der Waals surface area contributed by atoms with E-state index in [1.807, 2.05) is 28.7 Å². The molecule has 5 heteroatoms. The number of likely N-dealkylation sites (tertiary alicyclic amines) is 1. The van der Waals surface area contributed by atoms with Gasteiger partial charge in [-0.15, -0.1) is 0 Å². The van der Waals surface area contributed by atoms with Gasteiger partial charge >= 0.3 is 0 Å². The second-order valence-corrected chi connectivity index (χ2v) is 5.90. The summed E-state index contributed by atoms with van der Waals surface area (Å²) in [6.07, 6.45) is 0.634. The molecule has 2 saturated heterocycles. The summed E-state index contributed by atoms with van der Waals surface area (Å²) in [7, 11) is 0. The van der Waals surface area contributed by atoms with Crippen molar-refractivity contribution >= 4 is 17.2 Å². The molecule has 4 nitrogen and oxygen atoms in total. The Hall–Kier alpha value is -0.910. The van der Waals surface area contributed by atoms with E-state index < -0.39 is 0 Å². The molecule has 0 spiro atoms. The molecule has 19 heavy (non-hydrogen) atoms. The minimum absolute atomic E-state index is 0.143. The first-order chi connectivity index (χ1) is 9.29. The lowest BCUT2D eigenvalue weighted by molar-refractivity contribution is -0.132. The number of thiophene rings is 1. The van der Waals surface area contributed by atoms with Crippen molar-refractivity contribution in [3.8, 4) is 0 Å². The molecule has 3 atom stereocenters. The fraction of sp³-hybridized carbons (Fsp3) is 0.643. The molecule has 2 aliphatic heterocycles. The summed E-state index contributed by atoms with van der Waals surface area (Å²) in [5.41, 5.74) is 1.10. The summed E-state index contributed by atoms with van der Waals surface area (Å²) in [6, 6.07) is 2.23. The van der Waals surface area contributed by atoms with Crippen LogP contribution in [0.5, 0.6) is 0 Å². The van der Waals surface area contributed by atoms with E-state index in [1.54, 1.807) is 11.3 Å². The van der Waals surface area contributed by atoms with Crippen molar-refractivity contribution in [2.75, 3.05) is 26.4 Å².